The number of hydrogen-bond acceptors (Lipinski definition) is 4. The van der Waals surface area contributed by atoms with Gasteiger partial charge in [-0.3, -0.25) is 4.79 Å². The van der Waals surface area contributed by atoms with Crippen LogP contribution < -0.4 is 5.32 Å². The Bertz CT molecular complexity index is 1010. The van der Waals surface area contributed by atoms with Crippen molar-refractivity contribution in [3.8, 4) is 6.07 Å². The molecular weight excluding hydrogens is 398 g/mol. The van der Waals surface area contributed by atoms with E-state index in [-0.39, 0.29) is 24.7 Å². The summed E-state index contributed by atoms with van der Waals surface area (Å²) in [5.41, 5.74) is 3.03. The first-order valence-electron chi connectivity index (χ1n) is 12.0. The number of aromatic nitrogens is 3. The maximum absolute atomic E-state index is 12.9. The minimum Gasteiger partial charge on any atom is -0.326 e. The average molecular weight is 434 g/mol. The van der Waals surface area contributed by atoms with Crippen molar-refractivity contribution in [3.05, 3.63) is 41.0 Å². The van der Waals surface area contributed by atoms with Crippen LogP contribution in [0.2, 0.25) is 0 Å². The number of rotatable bonds is 9. The van der Waals surface area contributed by atoms with Crippen molar-refractivity contribution in [3.63, 3.8) is 0 Å². The first kappa shape index (κ1) is 22.5. The minimum atomic E-state index is -0.237. The standard InChI is InChI=1S/C26H35N5O/c1-16(2)11-19-13-21(14-19)26-30-29-25(31(26)22-6-7-22)20(9-10-27)15-24(32)28-23-8-5-17(3)12-18(23)4/h5,8,12,16,19-22H,6-7,9,11,13-15H2,1-4H3,(H,28,32)/t19?,20-,21?/m1/s1. The van der Waals surface area contributed by atoms with Crippen LogP contribution in [-0.4, -0.2) is 20.7 Å². The van der Waals surface area contributed by atoms with Crippen LogP contribution in [0.15, 0.2) is 18.2 Å². The van der Waals surface area contributed by atoms with Gasteiger partial charge in [0, 0.05) is 36.4 Å². The van der Waals surface area contributed by atoms with Gasteiger partial charge in [0.2, 0.25) is 5.91 Å². The number of carbonyl (C=O) groups excluding carboxylic acids is 1. The molecule has 1 atom stereocenters. The molecule has 0 saturated heterocycles. The number of nitrogens with one attached hydrogen (secondary N) is 1. The lowest BCUT2D eigenvalue weighted by Gasteiger charge is -2.36. The number of aryl methyl sites for hydroxylation is 2. The molecule has 6 nitrogen and oxygen atoms in total. The fourth-order valence-electron chi connectivity index (χ4n) is 5.13. The molecule has 6 heteroatoms. The van der Waals surface area contributed by atoms with Crippen LogP contribution in [0.25, 0.3) is 0 Å². The van der Waals surface area contributed by atoms with Crippen molar-refractivity contribution in [1.82, 2.24) is 14.8 Å². The zero-order chi connectivity index (χ0) is 22.8. The van der Waals surface area contributed by atoms with E-state index in [2.05, 4.69) is 46.1 Å². The largest absolute Gasteiger partial charge is 0.326 e. The molecule has 2 aliphatic rings. The molecule has 0 radical (unpaired) electrons. The van der Waals surface area contributed by atoms with E-state index in [0.717, 1.165) is 47.6 Å². The third-order valence-electron chi connectivity index (χ3n) is 6.86. The van der Waals surface area contributed by atoms with E-state index in [0.29, 0.717) is 12.0 Å². The number of anilines is 1. The molecular formula is C26H35N5O. The van der Waals surface area contributed by atoms with Gasteiger partial charge in [0.15, 0.2) is 0 Å². The van der Waals surface area contributed by atoms with Crippen LogP contribution in [0.3, 0.4) is 0 Å². The van der Waals surface area contributed by atoms with Crippen LogP contribution >= 0.6 is 0 Å². The summed E-state index contributed by atoms with van der Waals surface area (Å²) in [5, 5.41) is 21.7. The van der Waals surface area contributed by atoms with Gasteiger partial charge >= 0.3 is 0 Å². The molecule has 2 aromatic rings. The first-order valence-corrected chi connectivity index (χ1v) is 12.0. The Hall–Kier alpha value is -2.68. The maximum atomic E-state index is 12.9. The second kappa shape index (κ2) is 9.44. The van der Waals surface area contributed by atoms with E-state index >= 15 is 0 Å². The molecule has 2 saturated carbocycles. The lowest BCUT2D eigenvalue weighted by molar-refractivity contribution is -0.116. The zero-order valence-electron chi connectivity index (χ0n) is 19.8. The van der Waals surface area contributed by atoms with Crippen molar-refractivity contribution < 1.29 is 4.79 Å². The predicted octanol–water partition coefficient (Wildman–Crippen LogP) is 5.80. The number of benzene rings is 1. The fraction of sp³-hybridized carbons (Fsp3) is 0.615. The summed E-state index contributed by atoms with van der Waals surface area (Å²) >= 11 is 0. The van der Waals surface area contributed by atoms with Gasteiger partial charge in [-0.05, 0) is 69.4 Å². The van der Waals surface area contributed by atoms with E-state index in [9.17, 15) is 10.1 Å². The van der Waals surface area contributed by atoms with Gasteiger partial charge in [-0.1, -0.05) is 31.5 Å². The van der Waals surface area contributed by atoms with Crippen LogP contribution in [0.1, 0.15) is 99.4 Å². The van der Waals surface area contributed by atoms with Gasteiger partial charge in [-0.2, -0.15) is 5.26 Å². The minimum absolute atomic E-state index is 0.0789. The van der Waals surface area contributed by atoms with Crippen molar-refractivity contribution >= 4 is 11.6 Å². The average Bonchev–Trinajstić information content (AvgIpc) is 3.45. The van der Waals surface area contributed by atoms with E-state index in [1.165, 1.54) is 24.8 Å². The van der Waals surface area contributed by atoms with Crippen LogP contribution in [0, 0.1) is 37.0 Å². The van der Waals surface area contributed by atoms with E-state index in [1.807, 2.05) is 26.0 Å². The van der Waals surface area contributed by atoms with Gasteiger partial charge in [-0.25, -0.2) is 0 Å². The monoisotopic (exact) mass is 433 g/mol. The highest BCUT2D eigenvalue weighted by atomic mass is 16.1. The van der Waals surface area contributed by atoms with Gasteiger partial charge in [-0.15, -0.1) is 10.2 Å². The number of hydrogen-bond donors (Lipinski definition) is 1. The Kier molecular flexibility index (Phi) is 6.64. The quantitative estimate of drug-likeness (QED) is 0.542. The van der Waals surface area contributed by atoms with Crippen LogP contribution in [-0.2, 0) is 4.79 Å². The Morgan fingerprint density at radius 1 is 1.25 bits per heavy atom. The highest BCUT2D eigenvalue weighted by Crippen LogP contribution is 2.48. The molecule has 1 aromatic carbocycles. The van der Waals surface area contributed by atoms with Crippen molar-refractivity contribution in [2.75, 3.05) is 5.32 Å². The van der Waals surface area contributed by atoms with Gasteiger partial charge < -0.3 is 9.88 Å². The molecule has 170 valence electrons. The molecule has 0 spiro atoms. The van der Waals surface area contributed by atoms with E-state index in [4.69, 9.17) is 0 Å². The summed E-state index contributed by atoms with van der Waals surface area (Å²) in [6.45, 7) is 8.61. The summed E-state index contributed by atoms with van der Waals surface area (Å²) in [6.07, 6.45) is 6.41. The zero-order valence-corrected chi connectivity index (χ0v) is 19.8. The van der Waals surface area contributed by atoms with Gasteiger partial charge in [0.25, 0.3) is 0 Å². The molecule has 2 fully saturated rings. The molecule has 2 aliphatic carbocycles. The van der Waals surface area contributed by atoms with Crippen molar-refractivity contribution in [2.24, 2.45) is 11.8 Å². The SMILES string of the molecule is Cc1ccc(NC(=O)C[C@@H](CC#N)c2nnc(C3CC(CC(C)C)C3)n2C2CC2)c(C)c1. The summed E-state index contributed by atoms with van der Waals surface area (Å²) in [7, 11) is 0. The van der Waals surface area contributed by atoms with Crippen molar-refractivity contribution in [2.45, 2.75) is 90.5 Å². The number of amides is 1. The van der Waals surface area contributed by atoms with Crippen LogP contribution in [0.4, 0.5) is 5.69 Å². The lowest BCUT2D eigenvalue weighted by Crippen LogP contribution is -2.26. The molecule has 1 aromatic heterocycles. The summed E-state index contributed by atoms with van der Waals surface area (Å²) in [6, 6.07) is 8.70. The topological polar surface area (TPSA) is 83.6 Å². The van der Waals surface area contributed by atoms with Crippen molar-refractivity contribution in [1.29, 1.82) is 5.26 Å². The smallest absolute Gasteiger partial charge is 0.225 e. The molecule has 4 rings (SSSR count). The maximum Gasteiger partial charge on any atom is 0.225 e. The molecule has 1 heterocycles. The second-order valence-electron chi connectivity index (χ2n) is 10.3. The highest BCUT2D eigenvalue weighted by molar-refractivity contribution is 5.92. The third-order valence-corrected chi connectivity index (χ3v) is 6.86. The Morgan fingerprint density at radius 3 is 2.62 bits per heavy atom. The molecule has 32 heavy (non-hydrogen) atoms. The Balaban J connectivity index is 1.49. The Labute approximate surface area is 191 Å². The number of nitriles is 1. The molecule has 0 unspecified atom stereocenters. The van der Waals surface area contributed by atoms with E-state index in [1.54, 1.807) is 0 Å². The Morgan fingerprint density at radius 2 is 2.00 bits per heavy atom. The molecule has 1 N–H and O–H groups in total. The van der Waals surface area contributed by atoms with Gasteiger partial charge in [0.05, 0.1) is 6.07 Å². The summed E-state index contributed by atoms with van der Waals surface area (Å²) < 4.78 is 2.29. The molecule has 0 aliphatic heterocycles. The lowest BCUT2D eigenvalue weighted by atomic mass is 9.71. The fourth-order valence-corrected chi connectivity index (χ4v) is 5.13. The van der Waals surface area contributed by atoms with Gasteiger partial charge in [0.1, 0.15) is 11.6 Å². The normalized spacial score (nSPS) is 21.1. The summed E-state index contributed by atoms with van der Waals surface area (Å²) in [4.78, 5) is 12.9. The molecule has 0 bridgehead atoms. The first-order chi connectivity index (χ1) is 15.4. The number of carbonyl (C=O) groups is 1. The summed E-state index contributed by atoms with van der Waals surface area (Å²) in [5.74, 6) is 3.57. The second-order valence-corrected chi connectivity index (χ2v) is 10.3. The van der Waals surface area contributed by atoms with E-state index < -0.39 is 0 Å². The third kappa shape index (κ3) is 5.03. The molecule has 1 amide bonds. The highest BCUT2D eigenvalue weighted by Gasteiger charge is 2.39. The van der Waals surface area contributed by atoms with Crippen LogP contribution in [0.5, 0.6) is 0 Å². The number of nitrogens with zero attached hydrogens (tertiary/aromatic N) is 4. The predicted molar refractivity (Wildman–Crippen MR) is 125 cm³/mol.